The van der Waals surface area contributed by atoms with Crippen LogP contribution in [0.3, 0.4) is 0 Å². The predicted octanol–water partition coefficient (Wildman–Crippen LogP) is 2.52. The molecule has 1 unspecified atom stereocenters. The van der Waals surface area contributed by atoms with Gasteiger partial charge < -0.3 is 4.74 Å². The number of hydrogen-bond acceptors (Lipinski definition) is 2. The fourth-order valence-electron chi connectivity index (χ4n) is 1.69. The number of rotatable bonds is 1. The maximum atomic E-state index is 13.4. The third-order valence-electron chi connectivity index (χ3n) is 2.48. The maximum absolute atomic E-state index is 13.4. The van der Waals surface area contributed by atoms with Gasteiger partial charge in [-0.25, -0.2) is 13.2 Å². The quantitative estimate of drug-likeness (QED) is 0.693. The lowest BCUT2D eigenvalue weighted by Crippen LogP contribution is -2.20. The minimum Gasteiger partial charge on any atom is -0.372 e. The lowest BCUT2D eigenvalue weighted by atomic mass is 10.00. The van der Waals surface area contributed by atoms with Crippen LogP contribution in [0.1, 0.15) is 24.5 Å². The summed E-state index contributed by atoms with van der Waals surface area (Å²) in [5.74, 6) is -3.39. The summed E-state index contributed by atoms with van der Waals surface area (Å²) in [6.45, 7) is 0.154. The molecule has 1 fully saturated rings. The third-order valence-corrected chi connectivity index (χ3v) is 2.48. The Hall–Kier alpha value is -1.36. The Kier molecular flexibility index (Phi) is 2.96. The van der Waals surface area contributed by atoms with E-state index in [4.69, 9.17) is 4.74 Å². The number of carbonyl (C=O) groups excluding carboxylic acids is 1. The van der Waals surface area contributed by atoms with Gasteiger partial charge in [-0.2, -0.15) is 0 Å². The zero-order chi connectivity index (χ0) is 11.7. The molecular formula is C11H9F3O2. The van der Waals surface area contributed by atoms with E-state index < -0.39 is 23.6 Å². The Morgan fingerprint density at radius 2 is 2.00 bits per heavy atom. The van der Waals surface area contributed by atoms with Gasteiger partial charge in [0.1, 0.15) is 11.6 Å². The van der Waals surface area contributed by atoms with Gasteiger partial charge in [-0.15, -0.1) is 0 Å². The number of ketones is 1. The van der Waals surface area contributed by atoms with Crippen LogP contribution in [-0.4, -0.2) is 12.4 Å². The van der Waals surface area contributed by atoms with Crippen molar-refractivity contribution in [3.8, 4) is 0 Å². The molecule has 16 heavy (non-hydrogen) atoms. The van der Waals surface area contributed by atoms with Crippen molar-refractivity contribution in [1.82, 2.24) is 0 Å². The normalized spacial score (nSPS) is 21.2. The van der Waals surface area contributed by atoms with E-state index >= 15 is 0 Å². The summed E-state index contributed by atoms with van der Waals surface area (Å²) in [5, 5.41) is 0. The number of hydrogen-bond donors (Lipinski definition) is 0. The molecule has 0 bridgehead atoms. The summed E-state index contributed by atoms with van der Waals surface area (Å²) in [4.78, 5) is 11.1. The molecule has 1 heterocycles. The van der Waals surface area contributed by atoms with Crippen molar-refractivity contribution in [2.75, 3.05) is 6.61 Å². The van der Waals surface area contributed by atoms with Crippen LogP contribution in [0.2, 0.25) is 0 Å². The van der Waals surface area contributed by atoms with Crippen LogP contribution in [0.5, 0.6) is 0 Å². The Bertz CT molecular complexity index is 431. The van der Waals surface area contributed by atoms with E-state index in [2.05, 4.69) is 0 Å². The first-order valence-electron chi connectivity index (χ1n) is 4.85. The SMILES string of the molecule is O=C1CCOC(c2cc(F)cc(F)c2F)C1. The highest BCUT2D eigenvalue weighted by molar-refractivity contribution is 5.79. The molecule has 1 aliphatic heterocycles. The van der Waals surface area contributed by atoms with Crippen LogP contribution in [0.15, 0.2) is 12.1 Å². The lowest BCUT2D eigenvalue weighted by molar-refractivity contribution is -0.128. The summed E-state index contributed by atoms with van der Waals surface area (Å²) in [6, 6.07) is 1.32. The van der Waals surface area contributed by atoms with Crippen LogP contribution < -0.4 is 0 Å². The van der Waals surface area contributed by atoms with Gasteiger partial charge >= 0.3 is 0 Å². The Morgan fingerprint density at radius 1 is 1.25 bits per heavy atom. The number of halogens is 3. The minimum atomic E-state index is -1.27. The molecule has 2 nitrogen and oxygen atoms in total. The average molecular weight is 230 g/mol. The van der Waals surface area contributed by atoms with Crippen molar-refractivity contribution >= 4 is 5.78 Å². The van der Waals surface area contributed by atoms with Gasteiger partial charge in [0.15, 0.2) is 11.6 Å². The molecule has 0 aliphatic carbocycles. The third kappa shape index (κ3) is 2.09. The molecule has 0 spiro atoms. The highest BCUT2D eigenvalue weighted by Gasteiger charge is 2.26. The lowest BCUT2D eigenvalue weighted by Gasteiger charge is -2.22. The molecule has 1 saturated heterocycles. The van der Waals surface area contributed by atoms with Crippen LogP contribution >= 0.6 is 0 Å². The molecule has 0 aromatic heterocycles. The van der Waals surface area contributed by atoms with Crippen molar-refractivity contribution < 1.29 is 22.7 Å². The van der Waals surface area contributed by atoms with Crippen LogP contribution in [0, 0.1) is 17.5 Å². The zero-order valence-corrected chi connectivity index (χ0v) is 8.30. The highest BCUT2D eigenvalue weighted by atomic mass is 19.2. The van der Waals surface area contributed by atoms with E-state index in [1.807, 2.05) is 0 Å². The van der Waals surface area contributed by atoms with Gasteiger partial charge in [-0.1, -0.05) is 0 Å². The Labute approximate surface area is 90.0 Å². The fourth-order valence-corrected chi connectivity index (χ4v) is 1.69. The summed E-state index contributed by atoms with van der Waals surface area (Å²) >= 11 is 0. The van der Waals surface area contributed by atoms with Crippen LogP contribution in [0.25, 0.3) is 0 Å². The monoisotopic (exact) mass is 230 g/mol. The summed E-state index contributed by atoms with van der Waals surface area (Å²) in [5.41, 5.74) is -0.231. The molecule has 1 aromatic carbocycles. The summed E-state index contributed by atoms with van der Waals surface area (Å²) in [6.07, 6.45) is -0.665. The summed E-state index contributed by atoms with van der Waals surface area (Å²) < 4.78 is 44.3. The first-order valence-corrected chi connectivity index (χ1v) is 4.85. The van der Waals surface area contributed by atoms with Crippen LogP contribution in [0.4, 0.5) is 13.2 Å². The maximum Gasteiger partial charge on any atom is 0.164 e. The molecule has 0 amide bonds. The number of Topliss-reactive ketones (excluding diaryl/α,β-unsaturated/α-hetero) is 1. The van der Waals surface area contributed by atoms with Gasteiger partial charge in [0.2, 0.25) is 0 Å². The number of ether oxygens (including phenoxy) is 1. The van der Waals surface area contributed by atoms with Crippen molar-refractivity contribution in [2.24, 2.45) is 0 Å². The zero-order valence-electron chi connectivity index (χ0n) is 8.30. The van der Waals surface area contributed by atoms with E-state index in [9.17, 15) is 18.0 Å². The fraction of sp³-hybridized carbons (Fsp3) is 0.364. The average Bonchev–Trinajstić information content (AvgIpc) is 2.23. The molecule has 2 rings (SSSR count). The van der Waals surface area contributed by atoms with Crippen molar-refractivity contribution in [3.05, 3.63) is 35.1 Å². The first kappa shape index (κ1) is 11.1. The minimum absolute atomic E-state index is 0.0419. The molecule has 1 aromatic rings. The van der Waals surface area contributed by atoms with Crippen molar-refractivity contribution in [2.45, 2.75) is 18.9 Å². The second-order valence-electron chi connectivity index (χ2n) is 3.64. The van der Waals surface area contributed by atoms with Gasteiger partial charge in [-0.3, -0.25) is 4.79 Å². The van der Waals surface area contributed by atoms with Gasteiger partial charge in [-0.05, 0) is 6.07 Å². The van der Waals surface area contributed by atoms with E-state index in [0.717, 1.165) is 6.07 Å². The Balaban J connectivity index is 2.35. The van der Waals surface area contributed by atoms with Crippen molar-refractivity contribution in [3.63, 3.8) is 0 Å². The largest absolute Gasteiger partial charge is 0.372 e. The predicted molar refractivity (Wildman–Crippen MR) is 49.3 cm³/mol. The second-order valence-corrected chi connectivity index (χ2v) is 3.64. The topological polar surface area (TPSA) is 26.3 Å². The van der Waals surface area contributed by atoms with E-state index in [1.165, 1.54) is 0 Å². The molecule has 86 valence electrons. The smallest absolute Gasteiger partial charge is 0.164 e. The first-order chi connectivity index (χ1) is 7.58. The standard InChI is InChI=1S/C11H9F3O2/c12-6-3-8(11(14)9(13)4-6)10-5-7(15)1-2-16-10/h3-4,10H,1-2,5H2. The molecular weight excluding hydrogens is 221 g/mol. The van der Waals surface area contributed by atoms with E-state index in [1.54, 1.807) is 0 Å². The number of carbonyl (C=O) groups is 1. The Morgan fingerprint density at radius 3 is 2.69 bits per heavy atom. The molecule has 1 atom stereocenters. The van der Waals surface area contributed by atoms with Gasteiger partial charge in [0.05, 0.1) is 12.7 Å². The van der Waals surface area contributed by atoms with Gasteiger partial charge in [0, 0.05) is 24.5 Å². The molecule has 0 radical (unpaired) electrons. The summed E-state index contributed by atoms with van der Waals surface area (Å²) in [7, 11) is 0. The highest BCUT2D eigenvalue weighted by Crippen LogP contribution is 2.29. The van der Waals surface area contributed by atoms with Gasteiger partial charge in [0.25, 0.3) is 0 Å². The molecule has 5 heteroatoms. The van der Waals surface area contributed by atoms with E-state index in [-0.39, 0.29) is 30.8 Å². The number of benzene rings is 1. The second kappa shape index (κ2) is 4.25. The van der Waals surface area contributed by atoms with E-state index in [0.29, 0.717) is 6.07 Å². The molecule has 0 saturated carbocycles. The molecule has 0 N–H and O–H groups in total. The molecule has 1 aliphatic rings. The van der Waals surface area contributed by atoms with Crippen LogP contribution in [-0.2, 0) is 9.53 Å². The van der Waals surface area contributed by atoms with Crippen molar-refractivity contribution in [1.29, 1.82) is 0 Å².